The molecule has 0 atom stereocenters. The SMILES string of the molecule is CCNC(=NCc1cccc(OC)n1)NCCOC1CCCCCC1. The van der Waals surface area contributed by atoms with E-state index in [-0.39, 0.29) is 0 Å². The molecule has 0 aliphatic heterocycles. The Balaban J connectivity index is 1.74. The number of guanidine groups is 1. The first-order chi connectivity index (χ1) is 12.3. The third kappa shape index (κ3) is 7.73. The molecule has 0 amide bonds. The van der Waals surface area contributed by atoms with Crippen LogP contribution in [0.1, 0.15) is 51.1 Å². The lowest BCUT2D eigenvalue weighted by Crippen LogP contribution is -2.39. The number of nitrogens with zero attached hydrogens (tertiary/aromatic N) is 2. The molecule has 0 bridgehead atoms. The maximum atomic E-state index is 6.01. The third-order valence-electron chi connectivity index (χ3n) is 4.28. The lowest BCUT2D eigenvalue weighted by Gasteiger charge is -2.16. The highest BCUT2D eigenvalue weighted by atomic mass is 16.5. The van der Waals surface area contributed by atoms with Crippen LogP contribution in [0.15, 0.2) is 23.2 Å². The Labute approximate surface area is 151 Å². The van der Waals surface area contributed by atoms with Gasteiger partial charge in [0.15, 0.2) is 5.96 Å². The van der Waals surface area contributed by atoms with Gasteiger partial charge in [-0.3, -0.25) is 0 Å². The summed E-state index contributed by atoms with van der Waals surface area (Å²) in [4.78, 5) is 8.96. The Bertz CT molecular complexity index is 514. The summed E-state index contributed by atoms with van der Waals surface area (Å²) in [5.74, 6) is 1.40. The van der Waals surface area contributed by atoms with Crippen molar-refractivity contribution in [3.8, 4) is 5.88 Å². The van der Waals surface area contributed by atoms with Gasteiger partial charge < -0.3 is 20.1 Å². The minimum atomic E-state index is 0.435. The maximum absolute atomic E-state index is 6.01. The van der Waals surface area contributed by atoms with Gasteiger partial charge in [-0.2, -0.15) is 0 Å². The Hall–Kier alpha value is -1.82. The molecule has 2 rings (SSSR count). The Kier molecular flexibility index (Phi) is 9.12. The lowest BCUT2D eigenvalue weighted by molar-refractivity contribution is 0.0468. The molecule has 1 fully saturated rings. The molecule has 140 valence electrons. The number of methoxy groups -OCH3 is 1. The molecule has 2 N–H and O–H groups in total. The molecule has 6 heteroatoms. The van der Waals surface area contributed by atoms with Crippen molar-refractivity contribution >= 4 is 5.96 Å². The third-order valence-corrected chi connectivity index (χ3v) is 4.28. The van der Waals surface area contributed by atoms with Crippen LogP contribution >= 0.6 is 0 Å². The Morgan fingerprint density at radius 2 is 2.00 bits per heavy atom. The minimum Gasteiger partial charge on any atom is -0.481 e. The smallest absolute Gasteiger partial charge is 0.213 e. The van der Waals surface area contributed by atoms with Gasteiger partial charge in [0, 0.05) is 19.2 Å². The molecule has 0 unspecified atom stereocenters. The second-order valence-corrected chi connectivity index (χ2v) is 6.28. The van der Waals surface area contributed by atoms with Gasteiger partial charge in [-0.25, -0.2) is 9.98 Å². The van der Waals surface area contributed by atoms with E-state index < -0.39 is 0 Å². The highest BCUT2D eigenvalue weighted by Gasteiger charge is 2.12. The van der Waals surface area contributed by atoms with Crippen molar-refractivity contribution in [1.29, 1.82) is 0 Å². The van der Waals surface area contributed by atoms with Crippen molar-refractivity contribution in [2.45, 2.75) is 58.1 Å². The van der Waals surface area contributed by atoms with Crippen LogP contribution in [-0.2, 0) is 11.3 Å². The Morgan fingerprint density at radius 3 is 2.72 bits per heavy atom. The van der Waals surface area contributed by atoms with Crippen LogP contribution in [0.3, 0.4) is 0 Å². The van der Waals surface area contributed by atoms with Gasteiger partial charge in [0.25, 0.3) is 0 Å². The number of ether oxygens (including phenoxy) is 2. The van der Waals surface area contributed by atoms with Gasteiger partial charge in [0.05, 0.1) is 32.1 Å². The van der Waals surface area contributed by atoms with Crippen LogP contribution < -0.4 is 15.4 Å². The van der Waals surface area contributed by atoms with Gasteiger partial charge in [0.1, 0.15) is 0 Å². The molecule has 1 aromatic heterocycles. The van der Waals surface area contributed by atoms with Gasteiger partial charge in [0.2, 0.25) is 5.88 Å². The van der Waals surface area contributed by atoms with Crippen LogP contribution in [0.5, 0.6) is 5.88 Å². The van der Waals surface area contributed by atoms with Gasteiger partial charge in [-0.15, -0.1) is 0 Å². The summed E-state index contributed by atoms with van der Waals surface area (Å²) < 4.78 is 11.2. The van der Waals surface area contributed by atoms with Crippen molar-refractivity contribution in [3.63, 3.8) is 0 Å². The molecular weight excluding hydrogens is 316 g/mol. The molecule has 0 radical (unpaired) electrons. The number of aromatic nitrogens is 1. The predicted molar refractivity (Wildman–Crippen MR) is 101 cm³/mol. The molecule has 1 aromatic rings. The highest BCUT2D eigenvalue weighted by Crippen LogP contribution is 2.19. The van der Waals surface area contributed by atoms with E-state index in [1.165, 1.54) is 38.5 Å². The van der Waals surface area contributed by atoms with Gasteiger partial charge in [-0.05, 0) is 25.8 Å². The number of rotatable bonds is 8. The first-order valence-electron chi connectivity index (χ1n) is 9.45. The van der Waals surface area contributed by atoms with E-state index in [4.69, 9.17) is 9.47 Å². The summed E-state index contributed by atoms with van der Waals surface area (Å²) in [6.45, 7) is 4.86. The summed E-state index contributed by atoms with van der Waals surface area (Å²) in [6, 6.07) is 5.71. The zero-order chi connectivity index (χ0) is 17.7. The molecule has 25 heavy (non-hydrogen) atoms. The van der Waals surface area contributed by atoms with E-state index in [0.29, 0.717) is 25.1 Å². The monoisotopic (exact) mass is 348 g/mol. The molecule has 1 heterocycles. The van der Waals surface area contributed by atoms with E-state index >= 15 is 0 Å². The molecule has 1 aliphatic carbocycles. The Morgan fingerprint density at radius 1 is 1.20 bits per heavy atom. The molecule has 0 spiro atoms. The number of aliphatic imine (C=N–C) groups is 1. The van der Waals surface area contributed by atoms with E-state index in [0.717, 1.165) is 24.7 Å². The second kappa shape index (κ2) is 11.7. The van der Waals surface area contributed by atoms with Crippen LogP contribution in [-0.4, -0.2) is 43.9 Å². The fourth-order valence-corrected chi connectivity index (χ4v) is 2.96. The van der Waals surface area contributed by atoms with Crippen LogP contribution in [0.25, 0.3) is 0 Å². The number of hydrogen-bond donors (Lipinski definition) is 2. The van der Waals surface area contributed by atoms with E-state index in [2.05, 4.69) is 27.5 Å². The fraction of sp³-hybridized carbons (Fsp3) is 0.684. The summed E-state index contributed by atoms with van der Waals surface area (Å²) in [5.41, 5.74) is 0.881. The van der Waals surface area contributed by atoms with Crippen molar-refractivity contribution in [2.75, 3.05) is 26.8 Å². The van der Waals surface area contributed by atoms with Crippen molar-refractivity contribution in [2.24, 2.45) is 4.99 Å². The fourth-order valence-electron chi connectivity index (χ4n) is 2.96. The average molecular weight is 348 g/mol. The van der Waals surface area contributed by atoms with Crippen molar-refractivity contribution in [3.05, 3.63) is 23.9 Å². The first kappa shape index (κ1) is 19.5. The highest BCUT2D eigenvalue weighted by molar-refractivity contribution is 5.79. The van der Waals surface area contributed by atoms with E-state index in [1.54, 1.807) is 7.11 Å². The van der Waals surface area contributed by atoms with Crippen LogP contribution in [0.2, 0.25) is 0 Å². The number of hydrogen-bond acceptors (Lipinski definition) is 4. The number of pyridine rings is 1. The molecule has 1 aliphatic rings. The summed E-state index contributed by atoms with van der Waals surface area (Å²) in [6.07, 6.45) is 8.16. The lowest BCUT2D eigenvalue weighted by atomic mass is 10.1. The van der Waals surface area contributed by atoms with E-state index in [9.17, 15) is 0 Å². The molecular formula is C19H32N4O2. The maximum Gasteiger partial charge on any atom is 0.213 e. The van der Waals surface area contributed by atoms with E-state index in [1.807, 2.05) is 18.2 Å². The number of nitrogens with one attached hydrogen (secondary N) is 2. The normalized spacial score (nSPS) is 16.3. The average Bonchev–Trinajstić information content (AvgIpc) is 2.92. The first-order valence-corrected chi connectivity index (χ1v) is 9.45. The van der Waals surface area contributed by atoms with Crippen LogP contribution in [0, 0.1) is 0 Å². The summed E-state index contributed by atoms with van der Waals surface area (Å²) >= 11 is 0. The second-order valence-electron chi connectivity index (χ2n) is 6.28. The van der Waals surface area contributed by atoms with Gasteiger partial charge in [-0.1, -0.05) is 31.7 Å². The zero-order valence-electron chi connectivity index (χ0n) is 15.6. The quantitative estimate of drug-likeness (QED) is 0.327. The molecule has 6 nitrogen and oxygen atoms in total. The van der Waals surface area contributed by atoms with Crippen molar-refractivity contribution in [1.82, 2.24) is 15.6 Å². The minimum absolute atomic E-state index is 0.435. The molecule has 0 saturated heterocycles. The largest absolute Gasteiger partial charge is 0.481 e. The van der Waals surface area contributed by atoms with Crippen molar-refractivity contribution < 1.29 is 9.47 Å². The summed E-state index contributed by atoms with van der Waals surface area (Å²) in [5, 5.41) is 6.58. The van der Waals surface area contributed by atoms with Crippen LogP contribution in [0.4, 0.5) is 0 Å². The molecule has 1 saturated carbocycles. The zero-order valence-corrected chi connectivity index (χ0v) is 15.6. The predicted octanol–water partition coefficient (Wildman–Crippen LogP) is 2.88. The molecule has 0 aromatic carbocycles. The standard InChI is InChI=1S/C19H32N4O2/c1-3-20-19(22-15-16-9-8-12-18(23-16)24-2)21-13-14-25-17-10-6-4-5-7-11-17/h8-9,12,17H,3-7,10-11,13-15H2,1-2H3,(H2,20,21,22). The van der Waals surface area contributed by atoms with Gasteiger partial charge >= 0.3 is 0 Å². The summed E-state index contributed by atoms with van der Waals surface area (Å²) in [7, 11) is 1.62. The topological polar surface area (TPSA) is 67.8 Å².